The number of hydrogen-bond donors (Lipinski definition) is 11. The van der Waals surface area contributed by atoms with Gasteiger partial charge in [0.15, 0.2) is 25.2 Å². The lowest BCUT2D eigenvalue weighted by atomic mass is 9.96. The molecule has 0 saturated carbocycles. The Hall–Kier alpha value is -0.760. The molecule has 44 heavy (non-hydrogen) atoms. The Morgan fingerprint density at radius 3 is 1.30 bits per heavy atom. The maximum absolute atomic E-state index is 11.1. The maximum Gasteiger partial charge on any atom is 0.187 e. The molecule has 0 aliphatic carbocycles. The van der Waals surface area contributed by atoms with Crippen LogP contribution in [0.4, 0.5) is 0 Å². The first-order valence-electron chi connectivity index (χ1n) is 14.2. The smallest absolute Gasteiger partial charge is 0.187 e. The van der Waals surface area contributed by atoms with Gasteiger partial charge in [-0.05, 0) is 13.8 Å². The fraction of sp³-hybridized carbons (Fsp3) is 1.00. The molecule has 0 bridgehead atoms. The van der Waals surface area contributed by atoms with E-state index in [0.717, 1.165) is 0 Å². The Labute approximate surface area is 251 Å². The molecule has 4 fully saturated rings. The van der Waals surface area contributed by atoms with E-state index in [2.05, 4.69) is 0 Å². The van der Waals surface area contributed by atoms with Crippen LogP contribution in [-0.4, -0.2) is 199 Å². The summed E-state index contributed by atoms with van der Waals surface area (Å²) in [5.74, 6) is 0. The number of methoxy groups -OCH3 is 1. The highest BCUT2D eigenvalue weighted by Gasteiger charge is 2.54. The fourth-order valence-corrected chi connectivity index (χ4v) is 5.60. The lowest BCUT2D eigenvalue weighted by Gasteiger charge is -2.48. The van der Waals surface area contributed by atoms with Crippen molar-refractivity contribution in [3.8, 4) is 0 Å². The highest BCUT2D eigenvalue weighted by atomic mass is 16.8. The van der Waals surface area contributed by atoms with Crippen LogP contribution in [0.5, 0.6) is 0 Å². The molecule has 0 aromatic carbocycles. The summed E-state index contributed by atoms with van der Waals surface area (Å²) in [6.45, 7) is 1.38. The van der Waals surface area contributed by atoms with E-state index in [1.54, 1.807) is 0 Å². The molecule has 0 radical (unpaired) electrons. The van der Waals surface area contributed by atoms with Gasteiger partial charge >= 0.3 is 0 Å². The zero-order valence-corrected chi connectivity index (χ0v) is 24.1. The van der Waals surface area contributed by atoms with Gasteiger partial charge in [-0.3, -0.25) is 0 Å². The Kier molecular flexibility index (Phi) is 12.3. The predicted octanol–water partition coefficient (Wildman–Crippen LogP) is -7.04. The van der Waals surface area contributed by atoms with Crippen molar-refractivity contribution in [2.75, 3.05) is 20.3 Å². The van der Waals surface area contributed by atoms with Crippen LogP contribution in [0.15, 0.2) is 0 Å². The van der Waals surface area contributed by atoms with Crippen LogP contribution in [0.25, 0.3) is 0 Å². The van der Waals surface area contributed by atoms with E-state index in [1.807, 2.05) is 0 Å². The number of aliphatic hydroxyl groups is 11. The molecule has 4 aliphatic rings. The van der Waals surface area contributed by atoms with Gasteiger partial charge in [0.05, 0.1) is 25.4 Å². The summed E-state index contributed by atoms with van der Waals surface area (Å²) >= 11 is 0. The molecule has 0 spiro atoms. The topological polar surface area (TPSA) is 296 Å². The van der Waals surface area contributed by atoms with E-state index < -0.39 is 136 Å². The average molecular weight is 649 g/mol. The van der Waals surface area contributed by atoms with Crippen molar-refractivity contribution in [1.82, 2.24) is 0 Å². The fourth-order valence-electron chi connectivity index (χ4n) is 5.60. The molecular weight excluding hydrogens is 604 g/mol. The van der Waals surface area contributed by atoms with Crippen molar-refractivity contribution < 1.29 is 94.1 Å². The summed E-state index contributed by atoms with van der Waals surface area (Å²) in [4.78, 5) is 0. The molecule has 19 heteroatoms. The monoisotopic (exact) mass is 648 g/mol. The molecule has 0 aromatic heterocycles. The third kappa shape index (κ3) is 7.06. The summed E-state index contributed by atoms with van der Waals surface area (Å²) < 4.78 is 43.9. The van der Waals surface area contributed by atoms with Crippen LogP contribution in [0.2, 0.25) is 0 Å². The Morgan fingerprint density at radius 1 is 0.432 bits per heavy atom. The average Bonchev–Trinajstić information content (AvgIpc) is 3.00. The van der Waals surface area contributed by atoms with Crippen molar-refractivity contribution in [2.24, 2.45) is 0 Å². The third-order valence-electron chi connectivity index (χ3n) is 8.34. The molecule has 4 rings (SSSR count). The lowest BCUT2D eigenvalue weighted by molar-refractivity contribution is -0.386. The van der Waals surface area contributed by atoms with E-state index in [-0.39, 0.29) is 0 Å². The van der Waals surface area contributed by atoms with Crippen molar-refractivity contribution >= 4 is 0 Å². The van der Waals surface area contributed by atoms with Gasteiger partial charge in [-0.15, -0.1) is 0 Å². The molecule has 0 unspecified atom stereocenters. The normalized spacial score (nSPS) is 53.9. The molecular formula is C25H44O19. The van der Waals surface area contributed by atoms with Gasteiger partial charge in [0.2, 0.25) is 0 Å². The highest BCUT2D eigenvalue weighted by Crippen LogP contribution is 2.34. The van der Waals surface area contributed by atoms with Gasteiger partial charge < -0.3 is 94.1 Å². The van der Waals surface area contributed by atoms with Crippen LogP contribution in [0.1, 0.15) is 13.8 Å². The van der Waals surface area contributed by atoms with Gasteiger partial charge in [0, 0.05) is 7.11 Å². The molecule has 4 saturated heterocycles. The quantitative estimate of drug-likeness (QED) is 0.111. The van der Waals surface area contributed by atoms with Crippen molar-refractivity contribution in [3.05, 3.63) is 0 Å². The van der Waals surface area contributed by atoms with Gasteiger partial charge in [-0.2, -0.15) is 0 Å². The molecule has 0 amide bonds. The van der Waals surface area contributed by atoms with E-state index in [1.165, 1.54) is 21.0 Å². The number of aliphatic hydroxyl groups excluding tert-OH is 11. The zero-order valence-electron chi connectivity index (χ0n) is 24.1. The summed E-state index contributed by atoms with van der Waals surface area (Å²) in [7, 11) is 1.22. The summed E-state index contributed by atoms with van der Waals surface area (Å²) in [5.41, 5.74) is 0. The van der Waals surface area contributed by atoms with Crippen molar-refractivity contribution in [2.45, 2.75) is 137 Å². The number of rotatable bonds is 9. The Bertz CT molecular complexity index is 898. The molecule has 4 heterocycles. The standard InChI is InChI=1S/C25H44O19/c1-6-11(29)21(17(35)24(38-6)42-19-9(5-27)41-22(37-3)16(34)14(19)32)44-25-18(36)20(10(28)7(2)39-25)43-23-15(33)13(31)12(30)8(4-26)40-23/h6-36H,4-5H2,1-3H3/t6-,7-,8-,9-,10-,11-,12+,13+,14-,15-,16-,17+,18+,19-,20+,21+,22-,23-,24+,25-/m1/s1. The van der Waals surface area contributed by atoms with Gasteiger partial charge in [0.1, 0.15) is 85.5 Å². The molecule has 258 valence electrons. The second-order valence-corrected chi connectivity index (χ2v) is 11.3. The zero-order chi connectivity index (χ0) is 32.6. The van der Waals surface area contributed by atoms with E-state index in [0.29, 0.717) is 0 Å². The molecule has 20 atom stereocenters. The first kappa shape index (κ1) is 36.1. The lowest BCUT2D eigenvalue weighted by Crippen LogP contribution is -2.66. The van der Waals surface area contributed by atoms with Crippen LogP contribution < -0.4 is 0 Å². The SMILES string of the molecule is CO[C@@H]1O[C@H](CO)[C@@H](O[C@@H]2O[C@H](C)[C@@H](O)[C@H](O[C@H]3O[C@H](C)[C@@H](O)[C@H](O[C@H]4O[C@H](CO)[C@H](O)[C@H](O)[C@H]4O)[C@@H]3O)[C@@H]2O)[C@H](O)[C@H]1O. The van der Waals surface area contributed by atoms with E-state index >= 15 is 0 Å². The summed E-state index contributed by atoms with van der Waals surface area (Å²) in [6.07, 6.45) is -31.1. The van der Waals surface area contributed by atoms with Crippen molar-refractivity contribution in [1.29, 1.82) is 0 Å². The van der Waals surface area contributed by atoms with Gasteiger partial charge in [-0.1, -0.05) is 0 Å². The molecule has 11 N–H and O–H groups in total. The van der Waals surface area contributed by atoms with Crippen LogP contribution in [-0.2, 0) is 37.9 Å². The molecule has 0 aromatic rings. The predicted molar refractivity (Wildman–Crippen MR) is 136 cm³/mol. The van der Waals surface area contributed by atoms with Crippen molar-refractivity contribution in [3.63, 3.8) is 0 Å². The number of hydrogen-bond acceptors (Lipinski definition) is 19. The summed E-state index contributed by atoms with van der Waals surface area (Å²) in [6, 6.07) is 0. The van der Waals surface area contributed by atoms with Crippen LogP contribution in [0, 0.1) is 0 Å². The third-order valence-corrected chi connectivity index (χ3v) is 8.34. The Balaban J connectivity index is 1.48. The minimum absolute atomic E-state index is 0.673. The first-order valence-corrected chi connectivity index (χ1v) is 14.2. The summed E-state index contributed by atoms with van der Waals surface area (Å²) in [5, 5.41) is 114. The van der Waals surface area contributed by atoms with E-state index in [4.69, 9.17) is 37.9 Å². The minimum Gasteiger partial charge on any atom is -0.394 e. The minimum atomic E-state index is -1.86. The van der Waals surface area contributed by atoms with Crippen LogP contribution in [0.3, 0.4) is 0 Å². The van der Waals surface area contributed by atoms with Gasteiger partial charge in [-0.25, -0.2) is 0 Å². The molecule has 19 nitrogen and oxygen atoms in total. The number of ether oxygens (including phenoxy) is 8. The van der Waals surface area contributed by atoms with E-state index in [9.17, 15) is 56.2 Å². The maximum atomic E-state index is 11.1. The second-order valence-electron chi connectivity index (χ2n) is 11.3. The van der Waals surface area contributed by atoms with Crippen LogP contribution >= 0.6 is 0 Å². The highest BCUT2D eigenvalue weighted by molar-refractivity contribution is 4.97. The largest absolute Gasteiger partial charge is 0.394 e. The Morgan fingerprint density at radius 2 is 0.841 bits per heavy atom. The first-order chi connectivity index (χ1) is 20.7. The molecule has 4 aliphatic heterocycles. The van der Waals surface area contributed by atoms with Gasteiger partial charge in [0.25, 0.3) is 0 Å². The second kappa shape index (κ2) is 15.0.